The largest absolute Gasteiger partial charge is 0.497 e. The Bertz CT molecular complexity index is 177. The van der Waals surface area contributed by atoms with Crippen LogP contribution in [0.5, 0.6) is 5.75 Å². The van der Waals surface area contributed by atoms with E-state index in [0.29, 0.717) is 0 Å². The Labute approximate surface area is 71.9 Å². The van der Waals surface area contributed by atoms with Crippen molar-refractivity contribution in [1.82, 2.24) is 0 Å². The maximum atomic E-state index is 5.15. The molecule has 1 aromatic rings. The van der Waals surface area contributed by atoms with Gasteiger partial charge in [-0.05, 0) is 24.3 Å². The molecule has 62 valence electrons. The zero-order chi connectivity index (χ0) is 7.40. The van der Waals surface area contributed by atoms with Gasteiger partial charge in [-0.3, -0.25) is 5.84 Å². The number of benzene rings is 1. The van der Waals surface area contributed by atoms with Crippen LogP contribution in [-0.2, 0) is 0 Å². The van der Waals surface area contributed by atoms with E-state index in [2.05, 4.69) is 5.43 Å². The molecule has 4 heteroatoms. The van der Waals surface area contributed by atoms with Gasteiger partial charge in [-0.15, -0.1) is 12.4 Å². The SMILES string of the molecule is COc1ccc(NN)cc1.Cl. The molecule has 0 spiro atoms. The summed E-state index contributed by atoms with van der Waals surface area (Å²) >= 11 is 0. The van der Waals surface area contributed by atoms with Crippen LogP contribution in [0.25, 0.3) is 0 Å². The van der Waals surface area contributed by atoms with Crippen molar-refractivity contribution < 1.29 is 4.74 Å². The molecule has 1 rings (SSSR count). The predicted molar refractivity (Wildman–Crippen MR) is 48.1 cm³/mol. The molecule has 1 aromatic carbocycles. The lowest BCUT2D eigenvalue weighted by atomic mass is 10.3. The van der Waals surface area contributed by atoms with Crippen LogP contribution in [0.15, 0.2) is 24.3 Å². The molecule has 0 aromatic heterocycles. The van der Waals surface area contributed by atoms with E-state index in [1.54, 1.807) is 7.11 Å². The summed E-state index contributed by atoms with van der Waals surface area (Å²) in [6.07, 6.45) is 0. The van der Waals surface area contributed by atoms with Gasteiger partial charge in [0, 0.05) is 5.69 Å². The summed E-state index contributed by atoms with van der Waals surface area (Å²) in [5.41, 5.74) is 3.40. The van der Waals surface area contributed by atoms with Gasteiger partial charge in [-0.1, -0.05) is 0 Å². The first-order valence-corrected chi connectivity index (χ1v) is 2.97. The van der Waals surface area contributed by atoms with Gasteiger partial charge in [-0.25, -0.2) is 0 Å². The van der Waals surface area contributed by atoms with Crippen molar-refractivity contribution in [2.24, 2.45) is 5.84 Å². The fourth-order valence-corrected chi connectivity index (χ4v) is 0.687. The van der Waals surface area contributed by atoms with E-state index in [-0.39, 0.29) is 12.4 Å². The summed E-state index contributed by atoms with van der Waals surface area (Å²) in [4.78, 5) is 0. The normalized spacial score (nSPS) is 8.18. The molecular formula is C7H11ClN2O. The summed E-state index contributed by atoms with van der Waals surface area (Å²) in [7, 11) is 1.63. The number of hydrazine groups is 1. The van der Waals surface area contributed by atoms with E-state index in [4.69, 9.17) is 10.6 Å². The van der Waals surface area contributed by atoms with Crippen molar-refractivity contribution in [3.05, 3.63) is 24.3 Å². The van der Waals surface area contributed by atoms with Gasteiger partial charge in [0.25, 0.3) is 0 Å². The topological polar surface area (TPSA) is 47.3 Å². The molecule has 0 saturated carbocycles. The minimum absolute atomic E-state index is 0. The number of hydrogen-bond donors (Lipinski definition) is 2. The Kier molecular flexibility index (Phi) is 4.41. The molecule has 3 nitrogen and oxygen atoms in total. The Balaban J connectivity index is 0.000001000. The zero-order valence-electron chi connectivity index (χ0n) is 6.20. The molecule has 0 unspecified atom stereocenters. The van der Waals surface area contributed by atoms with Crippen LogP contribution in [0, 0.1) is 0 Å². The molecule has 0 aliphatic rings. The summed E-state index contributed by atoms with van der Waals surface area (Å²) in [6, 6.07) is 7.38. The third kappa shape index (κ3) is 2.65. The van der Waals surface area contributed by atoms with Gasteiger partial charge in [0.2, 0.25) is 0 Å². The van der Waals surface area contributed by atoms with Crippen molar-refractivity contribution >= 4 is 18.1 Å². The highest BCUT2D eigenvalue weighted by molar-refractivity contribution is 5.85. The Morgan fingerprint density at radius 1 is 1.27 bits per heavy atom. The predicted octanol–water partition coefficient (Wildman–Crippen LogP) is 1.40. The number of hydrogen-bond acceptors (Lipinski definition) is 3. The van der Waals surface area contributed by atoms with Crippen LogP contribution >= 0.6 is 12.4 Å². The van der Waals surface area contributed by atoms with Crippen LogP contribution in [0.3, 0.4) is 0 Å². The standard InChI is InChI=1S/C7H10N2O.ClH/c1-10-7-4-2-6(9-8)3-5-7;/h2-5,9H,8H2,1H3;1H. The summed E-state index contributed by atoms with van der Waals surface area (Å²) in [6.45, 7) is 0. The monoisotopic (exact) mass is 174 g/mol. The fraction of sp³-hybridized carbons (Fsp3) is 0.143. The van der Waals surface area contributed by atoms with Gasteiger partial charge in [0.1, 0.15) is 5.75 Å². The average Bonchev–Trinajstić information content (AvgIpc) is 2.05. The maximum Gasteiger partial charge on any atom is 0.119 e. The van der Waals surface area contributed by atoms with E-state index >= 15 is 0 Å². The minimum Gasteiger partial charge on any atom is -0.497 e. The second kappa shape index (κ2) is 4.82. The molecule has 0 bridgehead atoms. The Morgan fingerprint density at radius 2 is 1.82 bits per heavy atom. The Morgan fingerprint density at radius 3 is 2.18 bits per heavy atom. The van der Waals surface area contributed by atoms with Gasteiger partial charge < -0.3 is 10.2 Å². The van der Waals surface area contributed by atoms with Crippen LogP contribution in [0.4, 0.5) is 5.69 Å². The number of nitrogens with one attached hydrogen (secondary N) is 1. The highest BCUT2D eigenvalue weighted by Gasteiger charge is 1.88. The van der Waals surface area contributed by atoms with Crippen LogP contribution in [0.2, 0.25) is 0 Å². The first-order chi connectivity index (χ1) is 4.86. The number of methoxy groups -OCH3 is 1. The van der Waals surface area contributed by atoms with Crippen LogP contribution in [0.1, 0.15) is 0 Å². The molecule has 0 saturated heterocycles. The van der Waals surface area contributed by atoms with Crippen molar-refractivity contribution in [1.29, 1.82) is 0 Å². The lowest BCUT2D eigenvalue weighted by molar-refractivity contribution is 0.415. The number of rotatable bonds is 2. The summed E-state index contributed by atoms with van der Waals surface area (Å²) < 4.78 is 4.95. The van der Waals surface area contributed by atoms with E-state index < -0.39 is 0 Å². The third-order valence-corrected chi connectivity index (χ3v) is 1.26. The molecule has 0 aliphatic carbocycles. The lowest BCUT2D eigenvalue weighted by Gasteiger charge is -2.00. The first-order valence-electron chi connectivity index (χ1n) is 2.97. The van der Waals surface area contributed by atoms with E-state index in [1.165, 1.54) is 0 Å². The first kappa shape index (κ1) is 10.1. The average molecular weight is 175 g/mol. The highest BCUT2D eigenvalue weighted by atomic mass is 35.5. The van der Waals surface area contributed by atoms with Crippen LogP contribution in [-0.4, -0.2) is 7.11 Å². The van der Waals surface area contributed by atoms with Gasteiger partial charge in [-0.2, -0.15) is 0 Å². The molecule has 0 fully saturated rings. The lowest BCUT2D eigenvalue weighted by Crippen LogP contribution is -2.05. The highest BCUT2D eigenvalue weighted by Crippen LogP contribution is 2.13. The van der Waals surface area contributed by atoms with E-state index in [0.717, 1.165) is 11.4 Å². The van der Waals surface area contributed by atoms with Crippen LogP contribution < -0.4 is 16.0 Å². The number of anilines is 1. The molecule has 0 aliphatic heterocycles. The van der Waals surface area contributed by atoms with E-state index in [1.807, 2.05) is 24.3 Å². The zero-order valence-corrected chi connectivity index (χ0v) is 7.02. The second-order valence-electron chi connectivity index (χ2n) is 1.87. The molecule has 0 atom stereocenters. The van der Waals surface area contributed by atoms with Crippen molar-refractivity contribution in [2.75, 3.05) is 12.5 Å². The molecule has 0 radical (unpaired) electrons. The van der Waals surface area contributed by atoms with Crippen molar-refractivity contribution in [3.8, 4) is 5.75 Å². The van der Waals surface area contributed by atoms with Crippen molar-refractivity contribution in [2.45, 2.75) is 0 Å². The quantitative estimate of drug-likeness (QED) is 0.527. The number of nitrogen functional groups attached to an aromatic ring is 1. The van der Waals surface area contributed by atoms with Crippen molar-refractivity contribution in [3.63, 3.8) is 0 Å². The maximum absolute atomic E-state index is 5.15. The van der Waals surface area contributed by atoms with Gasteiger partial charge >= 0.3 is 0 Å². The number of ether oxygens (including phenoxy) is 1. The van der Waals surface area contributed by atoms with Gasteiger partial charge in [0.15, 0.2) is 0 Å². The smallest absolute Gasteiger partial charge is 0.119 e. The molecule has 0 heterocycles. The molecule has 0 amide bonds. The number of halogens is 1. The van der Waals surface area contributed by atoms with E-state index in [9.17, 15) is 0 Å². The fourth-order valence-electron chi connectivity index (χ4n) is 0.687. The minimum atomic E-state index is 0. The second-order valence-corrected chi connectivity index (χ2v) is 1.87. The molecule has 11 heavy (non-hydrogen) atoms. The summed E-state index contributed by atoms with van der Waals surface area (Å²) in [5, 5.41) is 0. The summed E-state index contributed by atoms with van der Waals surface area (Å²) in [5.74, 6) is 5.98. The third-order valence-electron chi connectivity index (χ3n) is 1.26. The number of nitrogens with two attached hydrogens (primary N) is 1. The molecular weight excluding hydrogens is 164 g/mol. The van der Waals surface area contributed by atoms with Gasteiger partial charge in [0.05, 0.1) is 7.11 Å². The molecule has 3 N–H and O–H groups in total. The Hall–Kier alpha value is -0.930.